The van der Waals surface area contributed by atoms with Gasteiger partial charge >= 0.3 is 5.97 Å². The highest BCUT2D eigenvalue weighted by molar-refractivity contribution is 6.33. The summed E-state index contributed by atoms with van der Waals surface area (Å²) in [7, 11) is 1.58. The molecule has 0 aliphatic heterocycles. The Kier molecular flexibility index (Phi) is 5.06. The van der Waals surface area contributed by atoms with E-state index in [1.165, 1.54) is 12.1 Å². The first kappa shape index (κ1) is 13.6. The molecule has 5 nitrogen and oxygen atoms in total. The molecule has 3 N–H and O–H groups in total. The monoisotopic (exact) mass is 259 g/mol. The van der Waals surface area contributed by atoms with Gasteiger partial charge in [0.25, 0.3) is 0 Å². The van der Waals surface area contributed by atoms with E-state index in [1.807, 2.05) is 0 Å². The van der Waals surface area contributed by atoms with Crippen molar-refractivity contribution in [2.24, 2.45) is 0 Å². The maximum Gasteiger partial charge on any atom is 0.339 e. The van der Waals surface area contributed by atoms with Gasteiger partial charge in [0.05, 0.1) is 11.6 Å². The maximum absolute atomic E-state index is 11.0. The molecule has 0 amide bonds. The van der Waals surface area contributed by atoms with E-state index in [2.05, 4.69) is 0 Å². The number of carboxylic acid groups (broad SMARTS) is 1. The summed E-state index contributed by atoms with van der Waals surface area (Å²) in [6.45, 7) is 0.868. The molecule has 1 rings (SSSR count). The molecule has 0 saturated carbocycles. The molecule has 0 fully saturated rings. The number of anilines is 1. The number of benzene rings is 1. The van der Waals surface area contributed by atoms with E-state index in [0.29, 0.717) is 19.6 Å². The molecule has 0 saturated heterocycles. The normalized spacial score (nSPS) is 10.2. The summed E-state index contributed by atoms with van der Waals surface area (Å²) in [5, 5.41) is 9.19. The highest BCUT2D eigenvalue weighted by Gasteiger charge is 2.16. The maximum atomic E-state index is 11.0. The predicted octanol–water partition coefficient (Wildman–Crippen LogP) is 2.04. The van der Waals surface area contributed by atoms with Crippen LogP contribution in [0.5, 0.6) is 5.75 Å². The Hall–Kier alpha value is -1.46. The van der Waals surface area contributed by atoms with Crippen molar-refractivity contribution in [2.75, 3.05) is 26.1 Å². The van der Waals surface area contributed by atoms with Crippen molar-refractivity contribution in [3.05, 3.63) is 22.7 Å². The van der Waals surface area contributed by atoms with E-state index in [0.717, 1.165) is 0 Å². The molecule has 0 radical (unpaired) electrons. The first-order chi connectivity index (χ1) is 8.06. The van der Waals surface area contributed by atoms with Crippen LogP contribution < -0.4 is 10.5 Å². The zero-order valence-electron chi connectivity index (χ0n) is 9.40. The van der Waals surface area contributed by atoms with Crippen LogP contribution in [-0.4, -0.2) is 31.4 Å². The van der Waals surface area contributed by atoms with Crippen molar-refractivity contribution in [3.8, 4) is 5.75 Å². The number of methoxy groups -OCH3 is 1. The van der Waals surface area contributed by atoms with Crippen molar-refractivity contribution < 1.29 is 19.4 Å². The van der Waals surface area contributed by atoms with Crippen LogP contribution in [0.25, 0.3) is 0 Å². The van der Waals surface area contributed by atoms with Crippen molar-refractivity contribution in [1.82, 2.24) is 0 Å². The minimum atomic E-state index is -1.12. The summed E-state index contributed by atoms with van der Waals surface area (Å²) in [6, 6.07) is 2.78. The molecular weight excluding hydrogens is 246 g/mol. The zero-order chi connectivity index (χ0) is 12.8. The number of hydrogen-bond acceptors (Lipinski definition) is 4. The fraction of sp³-hybridized carbons (Fsp3) is 0.364. The van der Waals surface area contributed by atoms with Crippen molar-refractivity contribution >= 4 is 23.3 Å². The number of carbonyl (C=O) groups is 1. The number of carboxylic acids is 1. The smallest absolute Gasteiger partial charge is 0.339 e. The summed E-state index contributed by atoms with van der Waals surface area (Å²) in [5.41, 5.74) is 5.77. The molecule has 94 valence electrons. The second-order valence-electron chi connectivity index (χ2n) is 3.38. The standard InChI is InChI=1S/C11H14ClNO4/c1-16-3-2-4-17-10-8(11(14)15)5-7(13)6-9(10)12/h5-6H,2-4,13H2,1H3,(H,14,15). The van der Waals surface area contributed by atoms with Crippen LogP contribution >= 0.6 is 11.6 Å². The van der Waals surface area contributed by atoms with Crippen molar-refractivity contribution in [2.45, 2.75) is 6.42 Å². The first-order valence-electron chi connectivity index (χ1n) is 5.00. The molecule has 0 aromatic heterocycles. The average molecular weight is 260 g/mol. The Morgan fingerprint density at radius 1 is 1.47 bits per heavy atom. The summed E-state index contributed by atoms with van der Waals surface area (Å²) < 4.78 is 10.2. The third-order valence-corrected chi connectivity index (χ3v) is 2.32. The molecule has 0 atom stereocenters. The van der Waals surface area contributed by atoms with Gasteiger partial charge in [0.2, 0.25) is 0 Å². The molecule has 6 heteroatoms. The van der Waals surface area contributed by atoms with Gasteiger partial charge in [-0.3, -0.25) is 0 Å². The third kappa shape index (κ3) is 3.80. The van der Waals surface area contributed by atoms with E-state index in [9.17, 15) is 4.79 Å². The number of nitrogens with two attached hydrogens (primary N) is 1. The van der Waals surface area contributed by atoms with Crippen molar-refractivity contribution in [1.29, 1.82) is 0 Å². The Morgan fingerprint density at radius 2 is 2.18 bits per heavy atom. The minimum Gasteiger partial charge on any atom is -0.491 e. The quantitative estimate of drug-likeness (QED) is 0.603. The van der Waals surface area contributed by atoms with Crippen LogP contribution in [0.4, 0.5) is 5.69 Å². The molecule has 0 aliphatic carbocycles. The van der Waals surface area contributed by atoms with Crippen LogP contribution in [0, 0.1) is 0 Å². The SMILES string of the molecule is COCCCOc1c(Cl)cc(N)cc1C(=O)O. The highest BCUT2D eigenvalue weighted by Crippen LogP contribution is 2.31. The lowest BCUT2D eigenvalue weighted by atomic mass is 10.2. The summed E-state index contributed by atoms with van der Waals surface area (Å²) in [6.07, 6.45) is 0.649. The third-order valence-electron chi connectivity index (χ3n) is 2.04. The number of rotatable bonds is 6. The predicted molar refractivity (Wildman–Crippen MR) is 64.8 cm³/mol. The van der Waals surface area contributed by atoms with Gasteiger partial charge in [-0.05, 0) is 12.1 Å². The van der Waals surface area contributed by atoms with Crippen LogP contribution in [0.3, 0.4) is 0 Å². The highest BCUT2D eigenvalue weighted by atomic mass is 35.5. The van der Waals surface area contributed by atoms with Crippen LogP contribution in [0.2, 0.25) is 5.02 Å². The first-order valence-corrected chi connectivity index (χ1v) is 5.38. The van der Waals surface area contributed by atoms with Gasteiger partial charge in [-0.1, -0.05) is 11.6 Å². The Labute approximate surface area is 104 Å². The Balaban J connectivity index is 2.85. The number of halogens is 1. The summed E-state index contributed by atoms with van der Waals surface area (Å²) in [5.74, 6) is -0.981. The zero-order valence-corrected chi connectivity index (χ0v) is 10.2. The number of hydrogen-bond donors (Lipinski definition) is 2. The van der Waals surface area contributed by atoms with Gasteiger partial charge < -0.3 is 20.3 Å². The van der Waals surface area contributed by atoms with Crippen molar-refractivity contribution in [3.63, 3.8) is 0 Å². The second-order valence-corrected chi connectivity index (χ2v) is 3.79. The lowest BCUT2D eigenvalue weighted by Crippen LogP contribution is -2.07. The topological polar surface area (TPSA) is 81.8 Å². The number of ether oxygens (including phenoxy) is 2. The molecule has 0 bridgehead atoms. The molecular formula is C11H14ClNO4. The number of nitrogen functional groups attached to an aromatic ring is 1. The Bertz CT molecular complexity index is 409. The molecule has 0 unspecified atom stereocenters. The molecule has 1 aromatic rings. The molecule has 0 spiro atoms. The van der Waals surface area contributed by atoms with Crippen LogP contribution in [0.1, 0.15) is 16.8 Å². The summed E-state index contributed by atoms with van der Waals surface area (Å²) >= 11 is 5.89. The number of aromatic carboxylic acids is 1. The van der Waals surface area contributed by atoms with Crippen LogP contribution in [0.15, 0.2) is 12.1 Å². The summed E-state index contributed by atoms with van der Waals surface area (Å²) in [4.78, 5) is 11.0. The van der Waals surface area contributed by atoms with E-state index in [1.54, 1.807) is 7.11 Å². The van der Waals surface area contributed by atoms with E-state index in [4.69, 9.17) is 31.9 Å². The van der Waals surface area contributed by atoms with Gasteiger partial charge in [-0.2, -0.15) is 0 Å². The van der Waals surface area contributed by atoms with Gasteiger partial charge in [-0.15, -0.1) is 0 Å². The lowest BCUT2D eigenvalue weighted by Gasteiger charge is -2.11. The van der Waals surface area contributed by atoms with E-state index in [-0.39, 0.29) is 22.0 Å². The fourth-order valence-corrected chi connectivity index (χ4v) is 1.58. The van der Waals surface area contributed by atoms with E-state index < -0.39 is 5.97 Å². The molecule has 17 heavy (non-hydrogen) atoms. The molecule has 0 heterocycles. The van der Waals surface area contributed by atoms with Gasteiger partial charge in [-0.25, -0.2) is 4.79 Å². The molecule has 0 aliphatic rings. The molecule has 1 aromatic carbocycles. The van der Waals surface area contributed by atoms with Gasteiger partial charge in [0.15, 0.2) is 5.75 Å². The average Bonchev–Trinajstić information content (AvgIpc) is 2.25. The fourth-order valence-electron chi connectivity index (χ4n) is 1.30. The van der Waals surface area contributed by atoms with Crippen LogP contribution in [-0.2, 0) is 4.74 Å². The second kappa shape index (κ2) is 6.32. The van der Waals surface area contributed by atoms with Gasteiger partial charge in [0, 0.05) is 25.8 Å². The van der Waals surface area contributed by atoms with E-state index >= 15 is 0 Å². The Morgan fingerprint density at radius 3 is 2.76 bits per heavy atom. The lowest BCUT2D eigenvalue weighted by molar-refractivity contribution is 0.0692. The minimum absolute atomic E-state index is 0.0348. The van der Waals surface area contributed by atoms with Gasteiger partial charge in [0.1, 0.15) is 5.56 Å². The largest absolute Gasteiger partial charge is 0.491 e.